The van der Waals surface area contributed by atoms with Crippen molar-refractivity contribution in [1.82, 2.24) is 0 Å². The second-order valence-corrected chi connectivity index (χ2v) is 5.80. The van der Waals surface area contributed by atoms with Crippen LogP contribution in [-0.2, 0) is 0 Å². The van der Waals surface area contributed by atoms with Gasteiger partial charge >= 0.3 is 5.69 Å². The summed E-state index contributed by atoms with van der Waals surface area (Å²) in [6.45, 7) is 1.04. The smallest absolute Gasteiger partial charge is 0.312 e. The Morgan fingerprint density at radius 1 is 1.30 bits per heavy atom. The molecule has 1 aromatic carbocycles. The van der Waals surface area contributed by atoms with Gasteiger partial charge in [-0.1, -0.05) is 29.6 Å². The Labute approximate surface area is 127 Å². The monoisotopic (exact) mass is 318 g/mol. The SMILES string of the molecule is NCC1CCCC1COc1cc(Cl)c(Cl)cc1[N+](=O)[O-]. The molecule has 2 N–H and O–H groups in total. The van der Waals surface area contributed by atoms with E-state index >= 15 is 0 Å². The third kappa shape index (κ3) is 3.34. The standard InChI is InChI=1S/C13H16Cl2N2O3/c14-10-4-12(17(18)19)13(5-11(10)15)20-7-9-3-1-2-8(9)6-16/h4-5,8-9H,1-3,6-7,16H2. The maximum absolute atomic E-state index is 11.0. The molecule has 1 fully saturated rings. The fourth-order valence-corrected chi connectivity index (χ4v) is 2.93. The van der Waals surface area contributed by atoms with E-state index in [1.165, 1.54) is 12.1 Å². The first-order valence-electron chi connectivity index (χ1n) is 6.49. The lowest BCUT2D eigenvalue weighted by atomic mass is 9.97. The van der Waals surface area contributed by atoms with E-state index in [0.717, 1.165) is 19.3 Å². The Balaban J connectivity index is 2.12. The van der Waals surface area contributed by atoms with Crippen LogP contribution in [0.5, 0.6) is 5.75 Å². The minimum Gasteiger partial charge on any atom is -0.486 e. The van der Waals surface area contributed by atoms with Crippen molar-refractivity contribution < 1.29 is 9.66 Å². The number of halogens is 2. The van der Waals surface area contributed by atoms with Gasteiger partial charge in [-0.05, 0) is 31.2 Å². The Hall–Kier alpha value is -1.04. The Bertz CT molecular complexity index is 511. The topological polar surface area (TPSA) is 78.4 Å². The molecule has 1 saturated carbocycles. The number of nitro groups is 1. The highest BCUT2D eigenvalue weighted by Gasteiger charge is 2.28. The maximum Gasteiger partial charge on any atom is 0.312 e. The van der Waals surface area contributed by atoms with Crippen LogP contribution in [0.4, 0.5) is 5.69 Å². The van der Waals surface area contributed by atoms with Crippen LogP contribution in [0.1, 0.15) is 19.3 Å². The second kappa shape index (κ2) is 6.61. The van der Waals surface area contributed by atoms with Gasteiger partial charge in [0.05, 0.1) is 21.6 Å². The van der Waals surface area contributed by atoms with E-state index in [-0.39, 0.29) is 21.5 Å². The molecule has 0 radical (unpaired) electrons. The van der Waals surface area contributed by atoms with E-state index < -0.39 is 4.92 Å². The first kappa shape index (κ1) is 15.4. The van der Waals surface area contributed by atoms with E-state index in [9.17, 15) is 10.1 Å². The van der Waals surface area contributed by atoms with Crippen LogP contribution in [0.25, 0.3) is 0 Å². The minimum atomic E-state index is -0.521. The van der Waals surface area contributed by atoms with Crippen molar-refractivity contribution in [2.75, 3.05) is 13.2 Å². The van der Waals surface area contributed by atoms with E-state index in [1.54, 1.807) is 0 Å². The highest BCUT2D eigenvalue weighted by atomic mass is 35.5. The number of benzene rings is 1. The fourth-order valence-electron chi connectivity index (χ4n) is 2.62. The summed E-state index contributed by atoms with van der Waals surface area (Å²) in [4.78, 5) is 10.5. The zero-order chi connectivity index (χ0) is 14.7. The van der Waals surface area contributed by atoms with Crippen LogP contribution in [0.15, 0.2) is 12.1 Å². The number of nitro benzene ring substituents is 1. The Morgan fingerprint density at radius 3 is 2.60 bits per heavy atom. The summed E-state index contributed by atoms with van der Waals surface area (Å²) in [6.07, 6.45) is 3.25. The van der Waals surface area contributed by atoms with Crippen molar-refractivity contribution in [2.45, 2.75) is 19.3 Å². The van der Waals surface area contributed by atoms with Crippen molar-refractivity contribution in [1.29, 1.82) is 0 Å². The van der Waals surface area contributed by atoms with Gasteiger partial charge in [-0.15, -0.1) is 0 Å². The first-order chi connectivity index (χ1) is 9.52. The second-order valence-electron chi connectivity index (χ2n) is 4.99. The van der Waals surface area contributed by atoms with E-state index in [4.69, 9.17) is 33.7 Å². The number of nitrogens with two attached hydrogens (primary N) is 1. The van der Waals surface area contributed by atoms with Crippen molar-refractivity contribution in [3.05, 3.63) is 32.3 Å². The Morgan fingerprint density at radius 2 is 1.95 bits per heavy atom. The van der Waals surface area contributed by atoms with Crippen molar-refractivity contribution >= 4 is 28.9 Å². The molecule has 2 atom stereocenters. The third-order valence-electron chi connectivity index (χ3n) is 3.77. The largest absolute Gasteiger partial charge is 0.486 e. The molecular formula is C13H16Cl2N2O3. The number of nitrogens with zero attached hydrogens (tertiary/aromatic N) is 1. The van der Waals surface area contributed by atoms with Gasteiger partial charge in [-0.2, -0.15) is 0 Å². The van der Waals surface area contributed by atoms with Crippen LogP contribution in [0.2, 0.25) is 10.0 Å². The average Bonchev–Trinajstić information content (AvgIpc) is 2.86. The molecular weight excluding hydrogens is 303 g/mol. The molecule has 7 heteroatoms. The molecule has 110 valence electrons. The summed E-state index contributed by atoms with van der Waals surface area (Å²) >= 11 is 11.7. The summed E-state index contributed by atoms with van der Waals surface area (Å²) in [5.41, 5.74) is 5.55. The lowest BCUT2D eigenvalue weighted by molar-refractivity contribution is -0.385. The fraction of sp³-hybridized carbons (Fsp3) is 0.538. The van der Waals surface area contributed by atoms with Crippen LogP contribution in [0, 0.1) is 22.0 Å². The molecule has 2 unspecified atom stereocenters. The van der Waals surface area contributed by atoms with Gasteiger partial charge in [-0.3, -0.25) is 10.1 Å². The summed E-state index contributed by atoms with van der Waals surface area (Å²) < 4.78 is 5.61. The molecule has 0 amide bonds. The molecule has 20 heavy (non-hydrogen) atoms. The van der Waals surface area contributed by atoms with Gasteiger partial charge in [0.2, 0.25) is 0 Å². The zero-order valence-corrected chi connectivity index (χ0v) is 12.4. The van der Waals surface area contributed by atoms with Crippen LogP contribution < -0.4 is 10.5 Å². The van der Waals surface area contributed by atoms with Gasteiger partial charge in [-0.25, -0.2) is 0 Å². The number of ether oxygens (including phenoxy) is 1. The molecule has 1 aliphatic carbocycles. The number of hydrogen-bond acceptors (Lipinski definition) is 4. The molecule has 1 aliphatic rings. The lowest BCUT2D eigenvalue weighted by Gasteiger charge is -2.18. The summed E-state index contributed by atoms with van der Waals surface area (Å²) in [7, 11) is 0. The van der Waals surface area contributed by atoms with Crippen molar-refractivity contribution in [3.63, 3.8) is 0 Å². The normalized spacial score (nSPS) is 21.9. The first-order valence-corrected chi connectivity index (χ1v) is 7.24. The summed E-state index contributed by atoms with van der Waals surface area (Å²) in [5, 5.41) is 11.4. The molecule has 1 aromatic rings. The number of rotatable bonds is 5. The van der Waals surface area contributed by atoms with E-state index in [2.05, 4.69) is 0 Å². The van der Waals surface area contributed by atoms with Crippen LogP contribution >= 0.6 is 23.2 Å². The van der Waals surface area contributed by atoms with E-state index in [1.807, 2.05) is 0 Å². The maximum atomic E-state index is 11.0. The Kier molecular flexibility index (Phi) is 5.07. The highest BCUT2D eigenvalue weighted by molar-refractivity contribution is 6.42. The summed E-state index contributed by atoms with van der Waals surface area (Å²) in [5.74, 6) is 0.929. The zero-order valence-electron chi connectivity index (χ0n) is 10.9. The predicted octanol–water partition coefficient (Wildman–Crippen LogP) is 3.66. The molecule has 0 aromatic heterocycles. The van der Waals surface area contributed by atoms with Gasteiger partial charge in [0.1, 0.15) is 0 Å². The molecule has 0 aliphatic heterocycles. The summed E-state index contributed by atoms with van der Waals surface area (Å²) in [6, 6.07) is 2.61. The van der Waals surface area contributed by atoms with Gasteiger partial charge in [0.15, 0.2) is 5.75 Å². The number of hydrogen-bond donors (Lipinski definition) is 1. The molecule has 5 nitrogen and oxygen atoms in total. The predicted molar refractivity (Wildman–Crippen MR) is 78.5 cm³/mol. The van der Waals surface area contributed by atoms with Crippen LogP contribution in [-0.4, -0.2) is 18.1 Å². The molecule has 0 bridgehead atoms. The lowest BCUT2D eigenvalue weighted by Crippen LogP contribution is -2.23. The molecule has 0 heterocycles. The van der Waals surface area contributed by atoms with Gasteiger partial charge in [0, 0.05) is 12.1 Å². The quantitative estimate of drug-likeness (QED) is 0.663. The molecule has 0 saturated heterocycles. The van der Waals surface area contributed by atoms with Crippen molar-refractivity contribution in [3.8, 4) is 5.75 Å². The van der Waals surface area contributed by atoms with Crippen LogP contribution in [0.3, 0.4) is 0 Å². The molecule has 2 rings (SSSR count). The average molecular weight is 319 g/mol. The third-order valence-corrected chi connectivity index (χ3v) is 4.49. The van der Waals surface area contributed by atoms with E-state index in [0.29, 0.717) is 25.0 Å². The minimum absolute atomic E-state index is 0.145. The molecule has 0 spiro atoms. The van der Waals surface area contributed by atoms with Crippen molar-refractivity contribution in [2.24, 2.45) is 17.6 Å². The highest BCUT2D eigenvalue weighted by Crippen LogP contribution is 2.37. The van der Waals surface area contributed by atoms with Gasteiger partial charge in [0.25, 0.3) is 0 Å². The van der Waals surface area contributed by atoms with Gasteiger partial charge < -0.3 is 10.5 Å².